The summed E-state index contributed by atoms with van der Waals surface area (Å²) < 4.78 is 0. The summed E-state index contributed by atoms with van der Waals surface area (Å²) in [6.45, 7) is 0. The predicted molar refractivity (Wildman–Crippen MR) is 128 cm³/mol. The van der Waals surface area contributed by atoms with Gasteiger partial charge in [0.2, 0.25) is 0 Å². The molecule has 0 aromatic heterocycles. The smallest absolute Gasteiger partial charge is 0.258 e. The number of nitrogens with zero attached hydrogens (tertiary/aromatic N) is 2. The summed E-state index contributed by atoms with van der Waals surface area (Å²) in [7, 11) is 0. The highest BCUT2D eigenvalue weighted by atomic mass is 35.5. The standard InChI is InChI=1S/C25H17ClN2O2S/c26-21-13-12-17(28(29)30)14-20(21)25-15-23(27-22-10-3-4-11-24(22)31-25)19-9-5-7-16-6-1-2-8-18(16)19/h1-14,25H,15H2/t25-/m1/s1. The van der Waals surface area contributed by atoms with Gasteiger partial charge in [0, 0.05) is 39.3 Å². The van der Waals surface area contributed by atoms with E-state index in [4.69, 9.17) is 16.6 Å². The highest BCUT2D eigenvalue weighted by molar-refractivity contribution is 7.99. The summed E-state index contributed by atoms with van der Waals surface area (Å²) >= 11 is 8.18. The first-order chi connectivity index (χ1) is 15.1. The van der Waals surface area contributed by atoms with Gasteiger partial charge in [-0.05, 0) is 34.5 Å². The summed E-state index contributed by atoms with van der Waals surface area (Å²) in [4.78, 5) is 17.1. The Kier molecular flexibility index (Phi) is 5.22. The third-order valence-electron chi connectivity index (χ3n) is 5.41. The summed E-state index contributed by atoms with van der Waals surface area (Å²) in [5, 5.41) is 14.1. The molecule has 0 radical (unpaired) electrons. The van der Waals surface area contributed by atoms with Crippen LogP contribution in [-0.2, 0) is 0 Å². The van der Waals surface area contributed by atoms with Crippen molar-refractivity contribution in [1.29, 1.82) is 0 Å². The summed E-state index contributed by atoms with van der Waals surface area (Å²) in [5.41, 5.74) is 3.72. The molecule has 31 heavy (non-hydrogen) atoms. The van der Waals surface area contributed by atoms with Crippen molar-refractivity contribution in [3.63, 3.8) is 0 Å². The summed E-state index contributed by atoms with van der Waals surface area (Å²) in [5.74, 6) is 0. The van der Waals surface area contributed by atoms with E-state index in [2.05, 4.69) is 24.3 Å². The van der Waals surface area contributed by atoms with Crippen molar-refractivity contribution in [2.24, 2.45) is 4.99 Å². The molecule has 0 amide bonds. The monoisotopic (exact) mass is 444 g/mol. The van der Waals surface area contributed by atoms with Gasteiger partial charge in [-0.25, -0.2) is 0 Å². The normalized spacial score (nSPS) is 15.8. The molecule has 1 aliphatic heterocycles. The van der Waals surface area contributed by atoms with E-state index in [0.29, 0.717) is 11.4 Å². The van der Waals surface area contributed by atoms with E-state index in [-0.39, 0.29) is 15.9 Å². The number of thioether (sulfide) groups is 1. The van der Waals surface area contributed by atoms with Gasteiger partial charge in [0.15, 0.2) is 0 Å². The zero-order chi connectivity index (χ0) is 21.4. The van der Waals surface area contributed by atoms with Crippen molar-refractivity contribution in [3.05, 3.63) is 111 Å². The Bertz CT molecular complexity index is 1350. The zero-order valence-electron chi connectivity index (χ0n) is 16.4. The Morgan fingerprint density at radius 2 is 1.74 bits per heavy atom. The van der Waals surface area contributed by atoms with E-state index in [9.17, 15) is 10.1 Å². The van der Waals surface area contributed by atoms with Gasteiger partial charge < -0.3 is 0 Å². The molecule has 0 bridgehead atoms. The molecule has 0 N–H and O–H groups in total. The van der Waals surface area contributed by atoms with E-state index in [1.54, 1.807) is 23.9 Å². The van der Waals surface area contributed by atoms with Crippen molar-refractivity contribution >= 4 is 51.2 Å². The first kappa shape index (κ1) is 19.8. The highest BCUT2D eigenvalue weighted by Gasteiger charge is 2.26. The number of para-hydroxylation sites is 1. The number of benzene rings is 4. The molecular formula is C25H17ClN2O2S. The molecule has 4 nitrogen and oxygen atoms in total. The Morgan fingerprint density at radius 1 is 0.968 bits per heavy atom. The van der Waals surface area contributed by atoms with Gasteiger partial charge in [0.1, 0.15) is 0 Å². The molecule has 0 unspecified atom stereocenters. The number of nitro groups is 1. The molecule has 1 atom stereocenters. The van der Waals surface area contributed by atoms with Gasteiger partial charge in [-0.15, -0.1) is 11.8 Å². The number of nitro benzene ring substituents is 1. The maximum Gasteiger partial charge on any atom is 0.269 e. The second-order valence-electron chi connectivity index (χ2n) is 7.33. The first-order valence-electron chi connectivity index (χ1n) is 9.85. The molecule has 4 aromatic rings. The number of halogens is 1. The fourth-order valence-corrected chi connectivity index (χ4v) is 5.50. The molecule has 0 saturated heterocycles. The van der Waals surface area contributed by atoms with Gasteiger partial charge in [0.25, 0.3) is 5.69 Å². The van der Waals surface area contributed by atoms with Crippen LogP contribution in [0.2, 0.25) is 5.02 Å². The zero-order valence-corrected chi connectivity index (χ0v) is 17.9. The van der Waals surface area contributed by atoms with E-state index in [1.807, 2.05) is 42.5 Å². The first-order valence-corrected chi connectivity index (χ1v) is 11.1. The molecule has 0 fully saturated rings. The minimum Gasteiger partial charge on any atom is -0.258 e. The van der Waals surface area contributed by atoms with Crippen LogP contribution < -0.4 is 0 Å². The lowest BCUT2D eigenvalue weighted by Crippen LogP contribution is -2.07. The van der Waals surface area contributed by atoms with Crippen molar-refractivity contribution in [1.82, 2.24) is 0 Å². The molecule has 4 aromatic carbocycles. The second kappa shape index (κ2) is 8.17. The van der Waals surface area contributed by atoms with Crippen LogP contribution in [0.4, 0.5) is 11.4 Å². The van der Waals surface area contributed by atoms with Crippen molar-refractivity contribution in [2.45, 2.75) is 16.6 Å². The van der Waals surface area contributed by atoms with E-state index < -0.39 is 0 Å². The third kappa shape index (κ3) is 3.82. The largest absolute Gasteiger partial charge is 0.269 e. The average molecular weight is 445 g/mol. The molecule has 152 valence electrons. The Balaban J connectivity index is 1.68. The lowest BCUT2D eigenvalue weighted by molar-refractivity contribution is -0.384. The van der Waals surface area contributed by atoms with Gasteiger partial charge >= 0.3 is 0 Å². The summed E-state index contributed by atoms with van der Waals surface area (Å²) in [6.07, 6.45) is 0.605. The fraction of sp³-hybridized carbons (Fsp3) is 0.0800. The van der Waals surface area contributed by atoms with Gasteiger partial charge in [-0.2, -0.15) is 0 Å². The lowest BCUT2D eigenvalue weighted by Gasteiger charge is -2.18. The van der Waals surface area contributed by atoms with E-state index >= 15 is 0 Å². The third-order valence-corrected chi connectivity index (χ3v) is 7.05. The van der Waals surface area contributed by atoms with Crippen molar-refractivity contribution < 1.29 is 4.92 Å². The number of non-ortho nitro benzene ring substituents is 1. The van der Waals surface area contributed by atoms with Crippen LogP contribution in [0.25, 0.3) is 10.8 Å². The average Bonchev–Trinajstić information content (AvgIpc) is 2.98. The second-order valence-corrected chi connectivity index (χ2v) is 8.98. The minimum absolute atomic E-state index is 0.0428. The summed E-state index contributed by atoms with van der Waals surface area (Å²) in [6, 6.07) is 27.1. The van der Waals surface area contributed by atoms with Crippen LogP contribution in [0.15, 0.2) is 94.8 Å². The molecule has 1 aliphatic rings. The fourth-order valence-electron chi connectivity index (χ4n) is 3.92. The molecule has 0 spiro atoms. The van der Waals surface area contributed by atoms with Crippen LogP contribution in [-0.4, -0.2) is 10.6 Å². The van der Waals surface area contributed by atoms with E-state index in [0.717, 1.165) is 38.2 Å². The number of rotatable bonds is 3. The number of fused-ring (bicyclic) bond motifs is 2. The molecule has 0 saturated carbocycles. The van der Waals surface area contributed by atoms with Gasteiger partial charge in [-0.1, -0.05) is 66.2 Å². The van der Waals surface area contributed by atoms with Crippen molar-refractivity contribution in [3.8, 4) is 0 Å². The van der Waals surface area contributed by atoms with Gasteiger partial charge in [0.05, 0.1) is 16.3 Å². The maximum absolute atomic E-state index is 11.4. The molecular weight excluding hydrogens is 428 g/mol. The number of hydrogen-bond donors (Lipinski definition) is 0. The Morgan fingerprint density at radius 3 is 2.61 bits per heavy atom. The molecule has 5 rings (SSSR count). The lowest BCUT2D eigenvalue weighted by atomic mass is 9.96. The van der Waals surface area contributed by atoms with Crippen LogP contribution in [0, 0.1) is 10.1 Å². The SMILES string of the molecule is O=[N+]([O-])c1ccc(Cl)c([C@H]2CC(c3cccc4ccccc34)=Nc3ccccc3S2)c1. The molecule has 1 heterocycles. The van der Waals surface area contributed by atoms with Crippen LogP contribution in [0.1, 0.15) is 22.8 Å². The molecule has 6 heteroatoms. The number of aliphatic imine (C=N–C) groups is 1. The quantitative estimate of drug-likeness (QED) is 0.239. The Hall–Kier alpha value is -3.15. The van der Waals surface area contributed by atoms with Crippen LogP contribution in [0.5, 0.6) is 0 Å². The highest BCUT2D eigenvalue weighted by Crippen LogP contribution is 2.48. The van der Waals surface area contributed by atoms with Crippen LogP contribution in [0.3, 0.4) is 0 Å². The molecule has 0 aliphatic carbocycles. The van der Waals surface area contributed by atoms with Gasteiger partial charge in [-0.3, -0.25) is 15.1 Å². The Labute approximate surface area is 188 Å². The topological polar surface area (TPSA) is 55.5 Å². The van der Waals surface area contributed by atoms with E-state index in [1.165, 1.54) is 6.07 Å². The minimum atomic E-state index is -0.380. The maximum atomic E-state index is 11.4. The van der Waals surface area contributed by atoms with Crippen molar-refractivity contribution in [2.75, 3.05) is 0 Å². The predicted octanol–water partition coefficient (Wildman–Crippen LogP) is 7.76. The number of hydrogen-bond acceptors (Lipinski definition) is 4. The van der Waals surface area contributed by atoms with Crippen LogP contribution >= 0.6 is 23.4 Å².